The number of hydrogen-bond acceptors (Lipinski definition) is 3. The Morgan fingerprint density at radius 3 is 2.76 bits per heavy atom. The first kappa shape index (κ1) is 13.8. The predicted octanol–water partition coefficient (Wildman–Crippen LogP) is 3.09. The van der Waals surface area contributed by atoms with Crippen molar-refractivity contribution in [1.29, 1.82) is 0 Å². The Balaban J connectivity index is 3.08. The summed E-state index contributed by atoms with van der Waals surface area (Å²) in [5, 5.41) is -0.0770. The molecule has 1 heterocycles. The molecule has 1 rings (SSSR count). The van der Waals surface area contributed by atoms with Crippen LogP contribution in [0.3, 0.4) is 0 Å². The predicted molar refractivity (Wildman–Crippen MR) is 59.3 cm³/mol. The Morgan fingerprint density at radius 2 is 2.24 bits per heavy atom. The van der Waals surface area contributed by atoms with Gasteiger partial charge in [0.25, 0.3) is 6.43 Å². The van der Waals surface area contributed by atoms with Gasteiger partial charge in [-0.3, -0.25) is 9.78 Å². The smallest absolute Gasteiger partial charge is 0.311 e. The highest BCUT2D eigenvalue weighted by atomic mass is 35.5. The molecule has 0 aliphatic carbocycles. The van der Waals surface area contributed by atoms with Gasteiger partial charge in [-0.25, -0.2) is 8.78 Å². The third-order valence-corrected chi connectivity index (χ3v) is 2.36. The van der Waals surface area contributed by atoms with E-state index in [-0.39, 0.29) is 23.7 Å². The van der Waals surface area contributed by atoms with Crippen molar-refractivity contribution in [3.05, 3.63) is 28.0 Å². The van der Waals surface area contributed by atoms with Gasteiger partial charge in [0, 0.05) is 5.69 Å². The zero-order valence-corrected chi connectivity index (χ0v) is 10.2. The number of ether oxygens (including phenoxy) is 1. The van der Waals surface area contributed by atoms with Crippen molar-refractivity contribution in [2.75, 3.05) is 6.61 Å². The first-order chi connectivity index (χ1) is 7.95. The molecule has 3 nitrogen and oxygen atoms in total. The van der Waals surface area contributed by atoms with Crippen LogP contribution in [0.25, 0.3) is 0 Å². The summed E-state index contributed by atoms with van der Waals surface area (Å²) in [5.74, 6) is -0.594. The maximum absolute atomic E-state index is 12.8. The molecule has 1 aromatic heterocycles. The average molecular weight is 264 g/mol. The van der Waals surface area contributed by atoms with Gasteiger partial charge in [-0.1, -0.05) is 11.6 Å². The molecule has 94 valence electrons. The van der Waals surface area contributed by atoms with Gasteiger partial charge >= 0.3 is 5.97 Å². The molecule has 0 amide bonds. The Kier molecular flexibility index (Phi) is 4.81. The van der Waals surface area contributed by atoms with Crippen LogP contribution in [0.2, 0.25) is 5.02 Å². The summed E-state index contributed by atoms with van der Waals surface area (Å²) in [6.07, 6.45) is -3.06. The van der Waals surface area contributed by atoms with Gasteiger partial charge in [0.1, 0.15) is 0 Å². The van der Waals surface area contributed by atoms with Crippen LogP contribution in [0.5, 0.6) is 0 Å². The Bertz CT molecular complexity index is 424. The fraction of sp³-hybridized carbons (Fsp3) is 0.455. The van der Waals surface area contributed by atoms with Crippen LogP contribution in [0, 0.1) is 6.92 Å². The molecule has 0 aliphatic heterocycles. The number of aromatic nitrogens is 1. The molecule has 17 heavy (non-hydrogen) atoms. The first-order valence-corrected chi connectivity index (χ1v) is 5.43. The van der Waals surface area contributed by atoms with E-state index in [4.69, 9.17) is 16.3 Å². The van der Waals surface area contributed by atoms with Crippen molar-refractivity contribution in [1.82, 2.24) is 4.98 Å². The number of aryl methyl sites for hydroxylation is 1. The highest BCUT2D eigenvalue weighted by molar-refractivity contribution is 6.31. The van der Waals surface area contributed by atoms with Crippen LogP contribution in [0.15, 0.2) is 6.07 Å². The summed E-state index contributed by atoms with van der Waals surface area (Å²) >= 11 is 5.72. The lowest BCUT2D eigenvalue weighted by atomic mass is 10.1. The molecule has 0 bridgehead atoms. The monoisotopic (exact) mass is 263 g/mol. The van der Waals surface area contributed by atoms with E-state index in [1.54, 1.807) is 13.8 Å². The molecule has 0 saturated heterocycles. The summed E-state index contributed by atoms with van der Waals surface area (Å²) in [5.41, 5.74) is 0.0625. The van der Waals surface area contributed by atoms with Crippen LogP contribution in [0.1, 0.15) is 30.3 Å². The third-order valence-electron chi connectivity index (χ3n) is 2.05. The van der Waals surface area contributed by atoms with Crippen LogP contribution >= 0.6 is 11.6 Å². The molecule has 6 heteroatoms. The second-order valence-corrected chi connectivity index (χ2v) is 3.80. The Hall–Kier alpha value is -1.23. The summed E-state index contributed by atoms with van der Waals surface area (Å²) in [7, 11) is 0. The van der Waals surface area contributed by atoms with E-state index < -0.39 is 18.0 Å². The summed E-state index contributed by atoms with van der Waals surface area (Å²) in [4.78, 5) is 15.2. The van der Waals surface area contributed by atoms with E-state index in [1.807, 2.05) is 0 Å². The van der Waals surface area contributed by atoms with Gasteiger partial charge in [-0.2, -0.15) is 0 Å². The van der Waals surface area contributed by atoms with Gasteiger partial charge in [-0.15, -0.1) is 0 Å². The van der Waals surface area contributed by atoms with Gasteiger partial charge < -0.3 is 4.74 Å². The SMILES string of the molecule is CCOC(=O)Cc1nc(C)cc(Cl)c1C(F)F. The van der Waals surface area contributed by atoms with Crippen LogP contribution in [-0.4, -0.2) is 17.6 Å². The van der Waals surface area contributed by atoms with Crippen molar-refractivity contribution in [3.63, 3.8) is 0 Å². The fourth-order valence-electron chi connectivity index (χ4n) is 1.42. The van der Waals surface area contributed by atoms with Gasteiger partial charge in [0.15, 0.2) is 0 Å². The second kappa shape index (κ2) is 5.91. The largest absolute Gasteiger partial charge is 0.466 e. The quantitative estimate of drug-likeness (QED) is 0.784. The van der Waals surface area contributed by atoms with Crippen molar-refractivity contribution in [2.45, 2.75) is 26.7 Å². The lowest BCUT2D eigenvalue weighted by Gasteiger charge is -2.10. The second-order valence-electron chi connectivity index (χ2n) is 3.39. The number of carbonyl (C=O) groups is 1. The normalized spacial score (nSPS) is 10.7. The van der Waals surface area contributed by atoms with E-state index in [0.717, 1.165) is 0 Å². The summed E-state index contributed by atoms with van der Waals surface area (Å²) in [6, 6.07) is 1.34. The number of alkyl halides is 2. The van der Waals surface area contributed by atoms with Crippen LogP contribution in [0.4, 0.5) is 8.78 Å². The fourth-order valence-corrected chi connectivity index (χ4v) is 1.77. The van der Waals surface area contributed by atoms with Crippen molar-refractivity contribution in [3.8, 4) is 0 Å². The molecule has 0 aliphatic rings. The molecule has 0 N–H and O–H groups in total. The highest BCUT2D eigenvalue weighted by Crippen LogP contribution is 2.30. The maximum Gasteiger partial charge on any atom is 0.311 e. The number of esters is 1. The number of rotatable bonds is 4. The first-order valence-electron chi connectivity index (χ1n) is 5.05. The highest BCUT2D eigenvalue weighted by Gasteiger charge is 2.21. The zero-order chi connectivity index (χ0) is 13.0. The molecule has 0 spiro atoms. The Morgan fingerprint density at radius 1 is 1.59 bits per heavy atom. The summed E-state index contributed by atoms with van der Waals surface area (Å²) in [6.45, 7) is 3.46. The minimum atomic E-state index is -2.76. The lowest BCUT2D eigenvalue weighted by Crippen LogP contribution is -2.12. The van der Waals surface area contributed by atoms with E-state index in [9.17, 15) is 13.6 Å². The van der Waals surface area contributed by atoms with Crippen molar-refractivity contribution in [2.24, 2.45) is 0 Å². The van der Waals surface area contributed by atoms with E-state index in [1.165, 1.54) is 6.07 Å². The molecule has 0 fully saturated rings. The number of carbonyl (C=O) groups excluding carboxylic acids is 1. The van der Waals surface area contributed by atoms with Crippen LogP contribution in [-0.2, 0) is 16.0 Å². The number of nitrogens with zero attached hydrogens (tertiary/aromatic N) is 1. The molecule has 0 aromatic carbocycles. The van der Waals surface area contributed by atoms with Crippen LogP contribution < -0.4 is 0 Å². The third kappa shape index (κ3) is 3.63. The molecule has 0 saturated carbocycles. The van der Waals surface area contributed by atoms with Crippen molar-refractivity contribution < 1.29 is 18.3 Å². The summed E-state index contributed by atoms with van der Waals surface area (Å²) < 4.78 is 30.3. The molecular weight excluding hydrogens is 252 g/mol. The van der Waals surface area contributed by atoms with E-state index >= 15 is 0 Å². The molecule has 1 aromatic rings. The number of pyridine rings is 1. The minimum absolute atomic E-state index is 0.0246. The van der Waals surface area contributed by atoms with E-state index in [0.29, 0.717) is 5.69 Å². The average Bonchev–Trinajstić information content (AvgIpc) is 2.15. The Labute approximate surface area is 103 Å². The van der Waals surface area contributed by atoms with Gasteiger partial charge in [0.05, 0.1) is 29.3 Å². The van der Waals surface area contributed by atoms with Gasteiger partial charge in [-0.05, 0) is 19.9 Å². The van der Waals surface area contributed by atoms with Gasteiger partial charge in [0.2, 0.25) is 0 Å². The van der Waals surface area contributed by atoms with E-state index in [2.05, 4.69) is 4.98 Å². The minimum Gasteiger partial charge on any atom is -0.466 e. The molecule has 0 unspecified atom stereocenters. The standard InChI is InChI=1S/C11H12ClF2NO2/c1-3-17-9(16)5-8-10(11(13)14)7(12)4-6(2)15-8/h4,11H,3,5H2,1-2H3. The molecular formula is C11H12ClF2NO2. The maximum atomic E-state index is 12.8. The lowest BCUT2D eigenvalue weighted by molar-refractivity contribution is -0.142. The number of hydrogen-bond donors (Lipinski definition) is 0. The van der Waals surface area contributed by atoms with Crippen molar-refractivity contribution >= 4 is 17.6 Å². The molecule has 0 atom stereocenters. The number of halogens is 3. The topological polar surface area (TPSA) is 39.2 Å². The zero-order valence-electron chi connectivity index (χ0n) is 9.47. The molecule has 0 radical (unpaired) electrons.